The Kier molecular flexibility index (Phi) is 6.69. The monoisotopic (exact) mass is 424 g/mol. The van der Waals surface area contributed by atoms with Crippen LogP contribution in [0.3, 0.4) is 0 Å². The van der Waals surface area contributed by atoms with Gasteiger partial charge in [-0.25, -0.2) is 4.98 Å². The average Bonchev–Trinajstić information content (AvgIpc) is 3.26. The number of hydrogen-bond acceptors (Lipinski definition) is 4. The minimum atomic E-state index is 0.173. The lowest BCUT2D eigenvalue weighted by Gasteiger charge is -2.24. The number of para-hydroxylation sites is 1. The number of nitrogens with zero attached hydrogens (tertiary/aromatic N) is 2. The van der Waals surface area contributed by atoms with E-state index in [9.17, 15) is 0 Å². The number of benzene rings is 2. The molecular weight excluding hydrogens is 392 g/mol. The molecule has 32 heavy (non-hydrogen) atoms. The van der Waals surface area contributed by atoms with Crippen LogP contribution in [0.4, 0.5) is 11.5 Å². The van der Waals surface area contributed by atoms with Gasteiger partial charge < -0.3 is 10.6 Å². The summed E-state index contributed by atoms with van der Waals surface area (Å²) in [6.07, 6.45) is 3.85. The topological polar surface area (TPSA) is 49.3 Å². The van der Waals surface area contributed by atoms with Gasteiger partial charge in [-0.05, 0) is 47.2 Å². The van der Waals surface area contributed by atoms with Crippen LogP contribution in [-0.4, -0.2) is 17.2 Å². The summed E-state index contributed by atoms with van der Waals surface area (Å²) < 4.78 is 0. The SMILES string of the molecule is C=C(NCCC)c1ccc(NC(c2ccc(C3=Nc4ccccc4C3)cc2)C(C)C)nc1. The summed E-state index contributed by atoms with van der Waals surface area (Å²) in [6, 6.07) is 21.4. The first-order valence-corrected chi connectivity index (χ1v) is 11.5. The van der Waals surface area contributed by atoms with Crippen LogP contribution < -0.4 is 10.6 Å². The maximum absolute atomic E-state index is 4.82. The summed E-state index contributed by atoms with van der Waals surface area (Å²) in [6.45, 7) is 11.6. The Balaban J connectivity index is 1.46. The molecule has 2 N–H and O–H groups in total. The van der Waals surface area contributed by atoms with Crippen LogP contribution in [0.1, 0.15) is 55.5 Å². The molecule has 0 aliphatic carbocycles. The van der Waals surface area contributed by atoms with Gasteiger partial charge in [0.15, 0.2) is 0 Å². The van der Waals surface area contributed by atoms with E-state index in [0.717, 1.165) is 47.9 Å². The van der Waals surface area contributed by atoms with Gasteiger partial charge in [-0.15, -0.1) is 0 Å². The van der Waals surface area contributed by atoms with Crippen molar-refractivity contribution < 1.29 is 0 Å². The molecule has 0 bridgehead atoms. The number of aromatic nitrogens is 1. The Hall–Kier alpha value is -3.40. The second kappa shape index (κ2) is 9.82. The predicted molar refractivity (Wildman–Crippen MR) is 136 cm³/mol. The maximum atomic E-state index is 4.82. The van der Waals surface area contributed by atoms with Crippen LogP contribution in [0.2, 0.25) is 0 Å². The molecule has 0 fully saturated rings. The molecule has 1 aromatic heterocycles. The third-order valence-corrected chi connectivity index (χ3v) is 5.88. The van der Waals surface area contributed by atoms with Crippen molar-refractivity contribution in [2.24, 2.45) is 10.9 Å². The molecule has 1 aliphatic rings. The van der Waals surface area contributed by atoms with Gasteiger partial charge in [-0.2, -0.15) is 0 Å². The van der Waals surface area contributed by atoms with Gasteiger partial charge in [0.05, 0.1) is 17.4 Å². The first-order valence-electron chi connectivity index (χ1n) is 11.5. The fraction of sp³-hybridized carbons (Fsp3) is 0.286. The van der Waals surface area contributed by atoms with Gasteiger partial charge in [0.2, 0.25) is 0 Å². The van der Waals surface area contributed by atoms with E-state index < -0.39 is 0 Å². The minimum Gasteiger partial charge on any atom is -0.385 e. The summed E-state index contributed by atoms with van der Waals surface area (Å²) in [5.74, 6) is 1.28. The predicted octanol–water partition coefficient (Wildman–Crippen LogP) is 6.54. The Labute approximate surface area is 191 Å². The molecule has 0 radical (unpaired) electrons. The lowest BCUT2D eigenvalue weighted by molar-refractivity contribution is 0.545. The van der Waals surface area contributed by atoms with Crippen molar-refractivity contribution in [3.8, 4) is 0 Å². The third kappa shape index (κ3) is 4.91. The third-order valence-electron chi connectivity index (χ3n) is 5.88. The Morgan fingerprint density at radius 1 is 1.03 bits per heavy atom. The highest BCUT2D eigenvalue weighted by Crippen LogP contribution is 2.30. The Morgan fingerprint density at radius 2 is 1.81 bits per heavy atom. The molecule has 2 aromatic carbocycles. The average molecular weight is 425 g/mol. The van der Waals surface area contributed by atoms with Gasteiger partial charge >= 0.3 is 0 Å². The summed E-state index contributed by atoms with van der Waals surface area (Å²) in [7, 11) is 0. The number of anilines is 1. The lowest BCUT2D eigenvalue weighted by atomic mass is 9.94. The molecule has 0 amide bonds. The zero-order chi connectivity index (χ0) is 22.5. The zero-order valence-electron chi connectivity index (χ0n) is 19.2. The quantitative estimate of drug-likeness (QED) is 0.410. The van der Waals surface area contributed by atoms with Crippen molar-refractivity contribution in [2.75, 3.05) is 11.9 Å². The fourth-order valence-corrected chi connectivity index (χ4v) is 4.01. The van der Waals surface area contributed by atoms with Crippen LogP contribution >= 0.6 is 0 Å². The molecule has 0 spiro atoms. The van der Waals surface area contributed by atoms with Gasteiger partial charge in [0, 0.05) is 30.4 Å². The van der Waals surface area contributed by atoms with Crippen LogP contribution in [0, 0.1) is 5.92 Å². The van der Waals surface area contributed by atoms with E-state index in [1.54, 1.807) is 0 Å². The maximum Gasteiger partial charge on any atom is 0.126 e. The van der Waals surface area contributed by atoms with Crippen molar-refractivity contribution in [3.05, 3.63) is 95.7 Å². The second-order valence-electron chi connectivity index (χ2n) is 8.69. The summed E-state index contributed by atoms with van der Waals surface area (Å²) in [4.78, 5) is 9.45. The van der Waals surface area contributed by atoms with Crippen molar-refractivity contribution in [2.45, 2.75) is 39.7 Å². The van der Waals surface area contributed by atoms with Crippen molar-refractivity contribution >= 4 is 22.9 Å². The molecule has 2 heterocycles. The highest BCUT2D eigenvalue weighted by Gasteiger charge is 2.19. The van der Waals surface area contributed by atoms with Crippen LogP contribution in [-0.2, 0) is 6.42 Å². The van der Waals surface area contributed by atoms with Crippen LogP contribution in [0.15, 0.2) is 78.4 Å². The summed E-state index contributed by atoms with van der Waals surface area (Å²) in [5.41, 5.74) is 7.91. The molecule has 1 atom stereocenters. The summed E-state index contributed by atoms with van der Waals surface area (Å²) in [5, 5.41) is 6.94. The molecule has 4 rings (SSSR count). The number of fused-ring (bicyclic) bond motifs is 1. The van der Waals surface area contributed by atoms with Gasteiger partial charge in [-0.3, -0.25) is 4.99 Å². The van der Waals surface area contributed by atoms with E-state index in [1.807, 2.05) is 18.3 Å². The van der Waals surface area contributed by atoms with E-state index >= 15 is 0 Å². The lowest BCUT2D eigenvalue weighted by Crippen LogP contribution is -2.18. The number of nitrogens with one attached hydrogen (secondary N) is 2. The van der Waals surface area contributed by atoms with Crippen LogP contribution in [0.25, 0.3) is 5.70 Å². The van der Waals surface area contributed by atoms with E-state index in [1.165, 1.54) is 16.7 Å². The van der Waals surface area contributed by atoms with E-state index in [2.05, 4.69) is 91.5 Å². The number of rotatable bonds is 9. The van der Waals surface area contributed by atoms with Crippen molar-refractivity contribution in [3.63, 3.8) is 0 Å². The standard InChI is InChI=1S/C28H32N4/c1-5-16-29-20(4)24-14-15-27(30-18-24)32-28(19(2)3)22-12-10-21(11-13-22)26-17-23-8-6-7-9-25(23)31-26/h6-15,18-19,28-29H,4-5,16-17H2,1-3H3,(H,30,32). The van der Waals surface area contributed by atoms with Gasteiger partial charge in [0.1, 0.15) is 5.82 Å². The molecular formula is C28H32N4. The first kappa shape index (κ1) is 21.8. The van der Waals surface area contributed by atoms with Crippen molar-refractivity contribution in [1.29, 1.82) is 0 Å². The second-order valence-corrected chi connectivity index (χ2v) is 8.69. The molecule has 4 nitrogen and oxygen atoms in total. The normalized spacial score (nSPS) is 13.4. The molecule has 1 aliphatic heterocycles. The van der Waals surface area contributed by atoms with Gasteiger partial charge in [-0.1, -0.05) is 69.8 Å². The Morgan fingerprint density at radius 3 is 2.47 bits per heavy atom. The van der Waals surface area contributed by atoms with E-state index in [-0.39, 0.29) is 6.04 Å². The van der Waals surface area contributed by atoms with Crippen LogP contribution in [0.5, 0.6) is 0 Å². The fourth-order valence-electron chi connectivity index (χ4n) is 4.01. The molecule has 1 unspecified atom stereocenters. The van der Waals surface area contributed by atoms with Crippen molar-refractivity contribution in [1.82, 2.24) is 10.3 Å². The number of hydrogen-bond donors (Lipinski definition) is 2. The molecule has 164 valence electrons. The molecule has 0 saturated carbocycles. The number of pyridine rings is 1. The smallest absolute Gasteiger partial charge is 0.126 e. The molecule has 0 saturated heterocycles. The Bertz CT molecular complexity index is 1100. The van der Waals surface area contributed by atoms with Gasteiger partial charge in [0.25, 0.3) is 0 Å². The molecule has 4 heteroatoms. The van der Waals surface area contributed by atoms with E-state index in [0.29, 0.717) is 5.92 Å². The summed E-state index contributed by atoms with van der Waals surface area (Å²) >= 11 is 0. The van der Waals surface area contributed by atoms with E-state index in [4.69, 9.17) is 4.99 Å². The molecule has 3 aromatic rings. The number of aliphatic imine (C=N–C) groups is 1. The highest BCUT2D eigenvalue weighted by atomic mass is 15.0. The largest absolute Gasteiger partial charge is 0.385 e. The minimum absolute atomic E-state index is 0.173. The highest BCUT2D eigenvalue weighted by molar-refractivity contribution is 6.06. The first-order chi connectivity index (χ1) is 15.5. The zero-order valence-corrected chi connectivity index (χ0v) is 19.2.